The van der Waals surface area contributed by atoms with Crippen molar-refractivity contribution in [2.45, 2.75) is 32.2 Å². The molecule has 0 radical (unpaired) electrons. The number of carbonyl (C=O) groups excluding carboxylic acids is 1. The number of carbonyl (C=O) groups is 3. The van der Waals surface area contributed by atoms with Crippen LogP contribution in [0.5, 0.6) is 0 Å². The Morgan fingerprint density at radius 3 is 2.16 bits per heavy atom. The third-order valence-corrected chi connectivity index (χ3v) is 5.18. The van der Waals surface area contributed by atoms with E-state index < -0.39 is 23.9 Å². The maximum atomic E-state index is 12.5. The summed E-state index contributed by atoms with van der Waals surface area (Å²) >= 11 is 0. The number of hydrogen-bond donors (Lipinski definition) is 3. The maximum Gasteiger partial charge on any atom is 0.371 e. The second-order valence-electron chi connectivity index (χ2n) is 7.75. The minimum absolute atomic E-state index is 0.127. The molecule has 1 heterocycles. The molecule has 3 rings (SSSR count). The Morgan fingerprint density at radius 2 is 1.56 bits per heavy atom. The van der Waals surface area contributed by atoms with Gasteiger partial charge in [0.25, 0.3) is 0 Å². The van der Waals surface area contributed by atoms with Crippen molar-refractivity contribution in [1.29, 1.82) is 0 Å². The SMILES string of the molecule is C[C@H](C[C@@H](Cc1ccc(-c2ccccc2)cc1)NC(=O)Cc1ccc(C(=O)O)o1)C(=O)O. The number of carboxylic acids is 2. The highest BCUT2D eigenvalue weighted by Crippen LogP contribution is 2.21. The second-order valence-corrected chi connectivity index (χ2v) is 7.75. The van der Waals surface area contributed by atoms with E-state index in [1.807, 2.05) is 54.6 Å². The number of benzene rings is 2. The summed E-state index contributed by atoms with van der Waals surface area (Å²) in [6, 6.07) is 20.2. The Hall–Kier alpha value is -3.87. The average Bonchev–Trinajstić information content (AvgIpc) is 3.23. The van der Waals surface area contributed by atoms with Crippen LogP contribution in [0.25, 0.3) is 11.1 Å². The van der Waals surface area contributed by atoms with Crippen molar-refractivity contribution in [2.75, 3.05) is 0 Å². The number of furan rings is 1. The van der Waals surface area contributed by atoms with Gasteiger partial charge in [0, 0.05) is 6.04 Å². The van der Waals surface area contributed by atoms with Gasteiger partial charge in [0.15, 0.2) is 0 Å². The Bertz CT molecular complexity index is 1070. The van der Waals surface area contributed by atoms with E-state index >= 15 is 0 Å². The van der Waals surface area contributed by atoms with Crippen molar-refractivity contribution in [3.63, 3.8) is 0 Å². The molecular formula is C25H25NO6. The van der Waals surface area contributed by atoms with Crippen LogP contribution in [0.2, 0.25) is 0 Å². The first-order valence-corrected chi connectivity index (χ1v) is 10.3. The minimum Gasteiger partial charge on any atom is -0.481 e. The quantitative estimate of drug-likeness (QED) is 0.443. The molecule has 2 aromatic carbocycles. The average molecular weight is 435 g/mol. The number of amides is 1. The number of aliphatic carboxylic acids is 1. The lowest BCUT2D eigenvalue weighted by molar-refractivity contribution is -0.141. The zero-order chi connectivity index (χ0) is 23.1. The summed E-state index contributed by atoms with van der Waals surface area (Å²) in [5, 5.41) is 21.1. The molecule has 2 atom stereocenters. The standard InChI is InChI=1S/C25H25NO6/c1-16(24(28)29)13-20(26-23(27)15-21-11-12-22(32-21)25(30)31)14-17-7-9-19(10-8-17)18-5-3-2-4-6-18/h2-12,16,20H,13-15H2,1H3,(H,26,27)(H,28,29)(H,30,31)/t16-,20+/m1/s1. The van der Waals surface area contributed by atoms with Crippen molar-refractivity contribution >= 4 is 17.8 Å². The van der Waals surface area contributed by atoms with Crippen molar-refractivity contribution < 1.29 is 29.0 Å². The normalized spacial score (nSPS) is 12.7. The monoisotopic (exact) mass is 435 g/mol. The van der Waals surface area contributed by atoms with Crippen LogP contribution in [0.1, 0.15) is 35.2 Å². The number of carboxylic acid groups (broad SMARTS) is 2. The van der Waals surface area contributed by atoms with Crippen LogP contribution in [0.4, 0.5) is 0 Å². The molecule has 0 spiro atoms. The Labute approximate surface area is 185 Å². The predicted molar refractivity (Wildman–Crippen MR) is 118 cm³/mol. The van der Waals surface area contributed by atoms with Crippen LogP contribution in [0.3, 0.4) is 0 Å². The molecule has 0 fully saturated rings. The van der Waals surface area contributed by atoms with Gasteiger partial charge < -0.3 is 19.9 Å². The van der Waals surface area contributed by atoms with Crippen LogP contribution in [-0.4, -0.2) is 34.1 Å². The summed E-state index contributed by atoms with van der Waals surface area (Å²) in [6.07, 6.45) is 0.606. The first-order chi connectivity index (χ1) is 15.3. The van der Waals surface area contributed by atoms with Gasteiger partial charge in [0.2, 0.25) is 11.7 Å². The van der Waals surface area contributed by atoms with E-state index in [4.69, 9.17) is 9.52 Å². The van der Waals surface area contributed by atoms with Crippen LogP contribution in [0.15, 0.2) is 71.1 Å². The molecule has 0 aliphatic heterocycles. The molecular weight excluding hydrogens is 410 g/mol. The van der Waals surface area contributed by atoms with E-state index in [2.05, 4.69) is 5.32 Å². The van der Waals surface area contributed by atoms with Crippen LogP contribution in [-0.2, 0) is 22.4 Å². The number of aromatic carboxylic acids is 1. The Balaban J connectivity index is 1.68. The van der Waals surface area contributed by atoms with Gasteiger partial charge in [-0.05, 0) is 41.7 Å². The van der Waals surface area contributed by atoms with E-state index in [9.17, 15) is 19.5 Å². The van der Waals surface area contributed by atoms with E-state index in [-0.39, 0.29) is 30.3 Å². The van der Waals surface area contributed by atoms with Gasteiger partial charge in [-0.25, -0.2) is 4.79 Å². The third kappa shape index (κ3) is 6.31. The van der Waals surface area contributed by atoms with E-state index in [1.54, 1.807) is 6.92 Å². The molecule has 7 heteroatoms. The predicted octanol–water partition coefficient (Wildman–Crippen LogP) is 4.03. The fourth-order valence-electron chi connectivity index (χ4n) is 3.49. The molecule has 1 aromatic heterocycles. The first-order valence-electron chi connectivity index (χ1n) is 10.3. The summed E-state index contributed by atoms with van der Waals surface area (Å²) in [5.74, 6) is -3.13. The lowest BCUT2D eigenvalue weighted by Gasteiger charge is -2.21. The smallest absolute Gasteiger partial charge is 0.371 e. The van der Waals surface area contributed by atoms with Gasteiger partial charge in [-0.15, -0.1) is 0 Å². The topological polar surface area (TPSA) is 117 Å². The summed E-state index contributed by atoms with van der Waals surface area (Å²) in [6.45, 7) is 1.60. The van der Waals surface area contributed by atoms with Crippen LogP contribution >= 0.6 is 0 Å². The van der Waals surface area contributed by atoms with Gasteiger partial charge in [-0.1, -0.05) is 61.5 Å². The van der Waals surface area contributed by atoms with E-state index in [0.717, 1.165) is 16.7 Å². The van der Waals surface area contributed by atoms with Gasteiger partial charge in [-0.3, -0.25) is 9.59 Å². The van der Waals surface area contributed by atoms with Gasteiger partial charge in [0.05, 0.1) is 12.3 Å². The lowest BCUT2D eigenvalue weighted by Crippen LogP contribution is -2.39. The molecule has 1 amide bonds. The fraction of sp³-hybridized carbons (Fsp3) is 0.240. The first kappa shape index (κ1) is 22.8. The minimum atomic E-state index is -1.20. The maximum absolute atomic E-state index is 12.5. The van der Waals surface area contributed by atoms with E-state index in [1.165, 1.54) is 12.1 Å². The van der Waals surface area contributed by atoms with E-state index in [0.29, 0.717) is 6.42 Å². The fourth-order valence-corrected chi connectivity index (χ4v) is 3.49. The molecule has 32 heavy (non-hydrogen) atoms. The van der Waals surface area contributed by atoms with Crippen molar-refractivity contribution in [3.05, 3.63) is 83.8 Å². The Morgan fingerprint density at radius 1 is 0.906 bits per heavy atom. The van der Waals surface area contributed by atoms with Gasteiger partial charge in [-0.2, -0.15) is 0 Å². The molecule has 7 nitrogen and oxygen atoms in total. The highest BCUT2D eigenvalue weighted by Gasteiger charge is 2.21. The molecule has 0 aliphatic rings. The molecule has 0 aliphatic carbocycles. The summed E-state index contributed by atoms with van der Waals surface area (Å²) in [4.78, 5) is 34.8. The highest BCUT2D eigenvalue weighted by molar-refractivity contribution is 5.85. The molecule has 0 saturated carbocycles. The second kappa shape index (κ2) is 10.4. The van der Waals surface area contributed by atoms with Gasteiger partial charge >= 0.3 is 11.9 Å². The molecule has 0 unspecified atom stereocenters. The Kier molecular flexibility index (Phi) is 7.44. The van der Waals surface area contributed by atoms with Crippen molar-refractivity contribution in [3.8, 4) is 11.1 Å². The van der Waals surface area contributed by atoms with Crippen LogP contribution < -0.4 is 5.32 Å². The number of hydrogen-bond acceptors (Lipinski definition) is 4. The molecule has 0 bridgehead atoms. The van der Waals surface area contributed by atoms with Gasteiger partial charge in [0.1, 0.15) is 5.76 Å². The molecule has 166 valence electrons. The van der Waals surface area contributed by atoms with Crippen molar-refractivity contribution in [1.82, 2.24) is 5.32 Å². The summed E-state index contributed by atoms with van der Waals surface area (Å²) < 4.78 is 5.14. The summed E-state index contributed by atoms with van der Waals surface area (Å²) in [5.41, 5.74) is 3.14. The third-order valence-electron chi connectivity index (χ3n) is 5.18. The molecule has 0 saturated heterocycles. The highest BCUT2D eigenvalue weighted by atomic mass is 16.4. The number of rotatable bonds is 10. The molecule has 3 N–H and O–H groups in total. The largest absolute Gasteiger partial charge is 0.481 e. The zero-order valence-electron chi connectivity index (χ0n) is 17.7. The molecule has 3 aromatic rings. The summed E-state index contributed by atoms with van der Waals surface area (Å²) in [7, 11) is 0. The zero-order valence-corrected chi connectivity index (χ0v) is 17.7. The van der Waals surface area contributed by atoms with Crippen molar-refractivity contribution in [2.24, 2.45) is 5.92 Å². The van der Waals surface area contributed by atoms with Crippen LogP contribution in [0, 0.1) is 5.92 Å². The lowest BCUT2D eigenvalue weighted by atomic mass is 9.95. The number of nitrogens with one attached hydrogen (secondary N) is 1.